The molecular weight excluding hydrogens is 391 g/mol. The number of amides is 2. The van der Waals surface area contributed by atoms with Crippen molar-refractivity contribution in [2.75, 3.05) is 19.8 Å². The van der Waals surface area contributed by atoms with Gasteiger partial charge >= 0.3 is 6.03 Å². The van der Waals surface area contributed by atoms with Gasteiger partial charge in [0.15, 0.2) is 0 Å². The zero-order valence-corrected chi connectivity index (χ0v) is 17.4. The summed E-state index contributed by atoms with van der Waals surface area (Å²) in [6.45, 7) is 1.71. The normalized spacial score (nSPS) is 15.4. The average molecular weight is 419 g/mol. The Labute approximate surface area is 182 Å². The van der Waals surface area contributed by atoms with Crippen LogP contribution in [0, 0.1) is 5.82 Å². The number of halogens is 1. The van der Waals surface area contributed by atoms with Gasteiger partial charge in [-0.25, -0.2) is 9.18 Å². The third-order valence-corrected chi connectivity index (χ3v) is 6.04. The molecule has 1 fully saturated rings. The fourth-order valence-corrected chi connectivity index (χ4v) is 4.21. The van der Waals surface area contributed by atoms with Gasteiger partial charge in [-0.05, 0) is 41.7 Å². The first-order valence-corrected chi connectivity index (χ1v) is 10.6. The van der Waals surface area contributed by atoms with E-state index in [0.717, 1.165) is 29.5 Å². The van der Waals surface area contributed by atoms with Crippen LogP contribution in [0.2, 0.25) is 0 Å². The van der Waals surface area contributed by atoms with E-state index in [1.54, 1.807) is 0 Å². The summed E-state index contributed by atoms with van der Waals surface area (Å²) in [6, 6.07) is 25.9. The number of rotatable bonds is 6. The topological polar surface area (TPSA) is 50.4 Å². The number of benzene rings is 3. The first kappa shape index (κ1) is 21.1. The molecular formula is C26H27FN2O2. The molecule has 4 rings (SSSR count). The summed E-state index contributed by atoms with van der Waals surface area (Å²) < 4.78 is 19.0. The van der Waals surface area contributed by atoms with E-state index in [1.165, 1.54) is 12.1 Å². The van der Waals surface area contributed by atoms with E-state index in [4.69, 9.17) is 4.74 Å². The maximum atomic E-state index is 13.5. The van der Waals surface area contributed by atoms with Crippen LogP contribution in [0.15, 0.2) is 84.9 Å². The SMILES string of the molecule is O=C(NCC1(c2ccc(F)cc2)CCOCC1)NC(c1ccccc1)c1ccccc1. The number of hydrogen-bond acceptors (Lipinski definition) is 2. The molecule has 2 N–H and O–H groups in total. The lowest BCUT2D eigenvalue weighted by Gasteiger charge is -2.38. The molecule has 0 spiro atoms. The van der Waals surface area contributed by atoms with Crippen LogP contribution in [0.5, 0.6) is 0 Å². The predicted molar refractivity (Wildman–Crippen MR) is 119 cm³/mol. The summed E-state index contributed by atoms with van der Waals surface area (Å²) in [7, 11) is 0. The molecule has 3 aromatic rings. The zero-order chi connectivity index (χ0) is 21.5. The summed E-state index contributed by atoms with van der Waals surface area (Å²) in [4.78, 5) is 13.0. The predicted octanol–water partition coefficient (Wildman–Crippen LogP) is 4.96. The third kappa shape index (κ3) is 5.12. The van der Waals surface area contributed by atoms with E-state index in [1.807, 2.05) is 72.8 Å². The van der Waals surface area contributed by atoms with Crippen molar-refractivity contribution in [3.63, 3.8) is 0 Å². The van der Waals surface area contributed by atoms with Gasteiger partial charge in [0.2, 0.25) is 0 Å². The van der Waals surface area contributed by atoms with Crippen LogP contribution in [0.1, 0.15) is 35.6 Å². The Hall–Kier alpha value is -3.18. The highest BCUT2D eigenvalue weighted by atomic mass is 19.1. The van der Waals surface area contributed by atoms with Crippen LogP contribution in [0.25, 0.3) is 0 Å². The van der Waals surface area contributed by atoms with Crippen molar-refractivity contribution in [3.8, 4) is 0 Å². The van der Waals surface area contributed by atoms with Crippen molar-refractivity contribution in [3.05, 3.63) is 107 Å². The van der Waals surface area contributed by atoms with E-state index in [2.05, 4.69) is 10.6 Å². The Kier molecular flexibility index (Phi) is 6.63. The second-order valence-corrected chi connectivity index (χ2v) is 7.98. The van der Waals surface area contributed by atoms with Gasteiger partial charge in [-0.2, -0.15) is 0 Å². The van der Waals surface area contributed by atoms with E-state index in [-0.39, 0.29) is 23.3 Å². The van der Waals surface area contributed by atoms with E-state index >= 15 is 0 Å². The minimum atomic E-state index is -0.266. The maximum absolute atomic E-state index is 13.5. The second kappa shape index (κ2) is 9.75. The van der Waals surface area contributed by atoms with E-state index < -0.39 is 0 Å². The number of carbonyl (C=O) groups is 1. The molecule has 5 heteroatoms. The molecule has 160 valence electrons. The second-order valence-electron chi connectivity index (χ2n) is 7.98. The Balaban J connectivity index is 1.50. The number of nitrogens with one attached hydrogen (secondary N) is 2. The summed E-state index contributed by atoms with van der Waals surface area (Å²) in [6.07, 6.45) is 1.55. The highest BCUT2D eigenvalue weighted by molar-refractivity contribution is 5.75. The molecule has 1 saturated heterocycles. The van der Waals surface area contributed by atoms with E-state index in [9.17, 15) is 9.18 Å². The van der Waals surface area contributed by atoms with Gasteiger partial charge in [0, 0.05) is 25.2 Å². The lowest BCUT2D eigenvalue weighted by Crippen LogP contribution is -2.48. The van der Waals surface area contributed by atoms with Gasteiger partial charge in [-0.3, -0.25) is 0 Å². The Bertz CT molecular complexity index is 932. The minimum Gasteiger partial charge on any atom is -0.381 e. The molecule has 0 saturated carbocycles. The molecule has 0 aliphatic carbocycles. The number of urea groups is 1. The van der Waals surface area contributed by atoms with Gasteiger partial charge < -0.3 is 15.4 Å². The molecule has 0 unspecified atom stereocenters. The Morgan fingerprint density at radius 2 is 1.42 bits per heavy atom. The van der Waals surface area contributed by atoms with Crippen LogP contribution in [0.4, 0.5) is 9.18 Å². The maximum Gasteiger partial charge on any atom is 0.315 e. The van der Waals surface area contributed by atoms with Crippen LogP contribution in [0.3, 0.4) is 0 Å². The Morgan fingerprint density at radius 1 is 0.871 bits per heavy atom. The quantitative estimate of drug-likeness (QED) is 0.594. The molecule has 1 aliphatic rings. The van der Waals surface area contributed by atoms with Gasteiger partial charge in [0.1, 0.15) is 5.82 Å². The molecule has 0 atom stereocenters. The number of ether oxygens (including phenoxy) is 1. The molecule has 4 nitrogen and oxygen atoms in total. The lowest BCUT2D eigenvalue weighted by molar-refractivity contribution is 0.0506. The van der Waals surface area contributed by atoms with Crippen LogP contribution < -0.4 is 10.6 Å². The zero-order valence-electron chi connectivity index (χ0n) is 17.4. The fraction of sp³-hybridized carbons (Fsp3) is 0.269. The van der Waals surface area contributed by atoms with Crippen molar-refractivity contribution < 1.29 is 13.9 Å². The smallest absolute Gasteiger partial charge is 0.315 e. The Morgan fingerprint density at radius 3 is 1.97 bits per heavy atom. The summed E-state index contributed by atoms with van der Waals surface area (Å²) in [5.41, 5.74) is 2.80. The first-order chi connectivity index (χ1) is 15.2. The van der Waals surface area contributed by atoms with Gasteiger partial charge in [-0.1, -0.05) is 72.8 Å². The van der Waals surface area contributed by atoms with Crippen LogP contribution >= 0.6 is 0 Å². The molecule has 0 radical (unpaired) electrons. The number of carbonyl (C=O) groups excluding carboxylic acids is 1. The van der Waals surface area contributed by atoms with Crippen LogP contribution in [-0.2, 0) is 10.2 Å². The van der Waals surface area contributed by atoms with Crippen molar-refractivity contribution in [1.29, 1.82) is 0 Å². The molecule has 31 heavy (non-hydrogen) atoms. The molecule has 0 aromatic heterocycles. The van der Waals surface area contributed by atoms with Gasteiger partial charge in [-0.15, -0.1) is 0 Å². The van der Waals surface area contributed by atoms with Gasteiger partial charge in [0.25, 0.3) is 0 Å². The number of hydrogen-bond donors (Lipinski definition) is 2. The molecule has 2 amide bonds. The van der Waals surface area contributed by atoms with Crippen molar-refractivity contribution >= 4 is 6.03 Å². The third-order valence-electron chi connectivity index (χ3n) is 6.04. The minimum absolute atomic E-state index is 0.231. The fourth-order valence-electron chi connectivity index (χ4n) is 4.21. The monoisotopic (exact) mass is 418 g/mol. The van der Waals surface area contributed by atoms with E-state index in [0.29, 0.717) is 19.8 Å². The summed E-state index contributed by atoms with van der Waals surface area (Å²) >= 11 is 0. The van der Waals surface area contributed by atoms with Crippen molar-refractivity contribution in [2.45, 2.75) is 24.3 Å². The average Bonchev–Trinajstić information content (AvgIpc) is 2.83. The molecule has 1 heterocycles. The molecule has 0 bridgehead atoms. The van der Waals surface area contributed by atoms with Crippen molar-refractivity contribution in [1.82, 2.24) is 10.6 Å². The van der Waals surface area contributed by atoms with Crippen LogP contribution in [-0.4, -0.2) is 25.8 Å². The van der Waals surface area contributed by atoms with Gasteiger partial charge in [0.05, 0.1) is 6.04 Å². The summed E-state index contributed by atoms with van der Waals surface area (Å²) in [5, 5.41) is 6.20. The first-order valence-electron chi connectivity index (χ1n) is 10.6. The molecule has 1 aliphatic heterocycles. The standard InChI is InChI=1S/C26H27FN2O2/c27-23-13-11-22(12-14-23)26(15-17-31-18-16-26)19-28-25(30)29-24(20-7-3-1-4-8-20)21-9-5-2-6-10-21/h1-14,24H,15-19H2,(H2,28,29,30). The molecule has 3 aromatic carbocycles. The largest absolute Gasteiger partial charge is 0.381 e. The highest BCUT2D eigenvalue weighted by Gasteiger charge is 2.35. The summed E-state index contributed by atoms with van der Waals surface area (Å²) in [5.74, 6) is -0.259. The highest BCUT2D eigenvalue weighted by Crippen LogP contribution is 2.34. The lowest BCUT2D eigenvalue weighted by atomic mass is 9.74. The van der Waals surface area contributed by atoms with Crippen molar-refractivity contribution in [2.24, 2.45) is 0 Å².